The van der Waals surface area contributed by atoms with Gasteiger partial charge in [-0.2, -0.15) is 0 Å². The highest BCUT2D eigenvalue weighted by molar-refractivity contribution is 5.85. The summed E-state index contributed by atoms with van der Waals surface area (Å²) >= 11 is 0. The van der Waals surface area contributed by atoms with E-state index in [0.717, 1.165) is 17.9 Å². The van der Waals surface area contributed by atoms with Crippen LogP contribution in [0, 0.1) is 11.3 Å². The van der Waals surface area contributed by atoms with Gasteiger partial charge < -0.3 is 14.7 Å². The smallest absolute Gasteiger partial charge is 0.0404 e. The second-order valence-corrected chi connectivity index (χ2v) is 13.0. The lowest BCUT2D eigenvalue weighted by molar-refractivity contribution is 0.169. The number of unbranched alkanes of at least 4 members (excludes halogenated alkanes) is 1. The zero-order valence-electron chi connectivity index (χ0n) is 24.7. The van der Waals surface area contributed by atoms with Crippen LogP contribution in [-0.2, 0) is 0 Å². The molecule has 0 spiro atoms. The number of halogens is 2. The lowest BCUT2D eigenvalue weighted by Crippen LogP contribution is -2.47. The Bertz CT molecular complexity index is 785. The van der Waals surface area contributed by atoms with Gasteiger partial charge in [-0.25, -0.2) is 0 Å². The van der Waals surface area contributed by atoms with Crippen LogP contribution in [0.3, 0.4) is 0 Å². The van der Waals surface area contributed by atoms with Gasteiger partial charge >= 0.3 is 0 Å². The standard InChI is InChI=1S/C31H54N4.2ClH/c1-7-8-17-33-20-22-35(23-21-33)30-14-13-28(34-18-15-27(16-19-34)32(5)6)24-29(30)25-9-11-26(12-10-25)31(2,3)4;;/h13-14,24-27H,7-12,15-23H2,1-6H3;2*1H. The van der Waals surface area contributed by atoms with E-state index in [1.165, 1.54) is 103 Å². The highest BCUT2D eigenvalue weighted by Crippen LogP contribution is 2.46. The summed E-state index contributed by atoms with van der Waals surface area (Å²) < 4.78 is 0. The summed E-state index contributed by atoms with van der Waals surface area (Å²) in [6.07, 6.45) is 10.7. The van der Waals surface area contributed by atoms with Crippen molar-refractivity contribution in [3.8, 4) is 0 Å². The van der Waals surface area contributed by atoms with Crippen molar-refractivity contribution in [1.29, 1.82) is 0 Å². The Morgan fingerprint density at radius 2 is 1.43 bits per heavy atom. The Balaban J connectivity index is 0.00000241. The summed E-state index contributed by atoms with van der Waals surface area (Å²) in [5, 5.41) is 0. The minimum absolute atomic E-state index is 0. The van der Waals surface area contributed by atoms with Crippen molar-refractivity contribution in [3.63, 3.8) is 0 Å². The van der Waals surface area contributed by atoms with E-state index in [0.29, 0.717) is 5.41 Å². The number of hydrogen-bond acceptors (Lipinski definition) is 4. The fraction of sp³-hybridized carbons (Fsp3) is 0.806. The summed E-state index contributed by atoms with van der Waals surface area (Å²) in [5.41, 5.74) is 5.12. The molecule has 0 bridgehead atoms. The van der Waals surface area contributed by atoms with Crippen molar-refractivity contribution in [2.45, 2.75) is 91.0 Å². The van der Waals surface area contributed by atoms with Crippen LogP contribution < -0.4 is 9.80 Å². The first-order valence-corrected chi connectivity index (χ1v) is 14.8. The predicted molar refractivity (Wildman–Crippen MR) is 168 cm³/mol. The van der Waals surface area contributed by atoms with Gasteiger partial charge in [0.25, 0.3) is 0 Å². The molecule has 2 aliphatic heterocycles. The molecule has 0 amide bonds. The molecule has 0 atom stereocenters. The largest absolute Gasteiger partial charge is 0.371 e. The van der Waals surface area contributed by atoms with E-state index in [2.05, 4.69) is 79.6 Å². The van der Waals surface area contributed by atoms with Gasteiger partial charge in [-0.05, 0) is 107 Å². The SMILES string of the molecule is CCCCN1CCN(c2ccc(N3CCC(N(C)C)CC3)cc2C2CCC(C(C)(C)C)CC2)CC1.Cl.Cl. The Morgan fingerprint density at radius 1 is 0.811 bits per heavy atom. The molecule has 0 unspecified atom stereocenters. The summed E-state index contributed by atoms with van der Waals surface area (Å²) in [6.45, 7) is 18.1. The Kier molecular flexibility index (Phi) is 12.9. The van der Waals surface area contributed by atoms with Gasteiger partial charge in [0.15, 0.2) is 0 Å². The molecule has 1 aliphatic carbocycles. The molecule has 3 fully saturated rings. The Morgan fingerprint density at radius 3 is 1.97 bits per heavy atom. The van der Waals surface area contributed by atoms with Gasteiger partial charge in [0, 0.05) is 56.7 Å². The molecule has 2 heterocycles. The molecule has 214 valence electrons. The quantitative estimate of drug-likeness (QED) is 0.350. The molecule has 2 saturated heterocycles. The first kappa shape index (κ1) is 32.5. The number of nitrogens with zero attached hydrogens (tertiary/aromatic N) is 4. The van der Waals surface area contributed by atoms with E-state index in [4.69, 9.17) is 0 Å². The first-order valence-electron chi connectivity index (χ1n) is 14.8. The lowest BCUT2D eigenvalue weighted by Gasteiger charge is -2.41. The molecule has 3 aliphatic rings. The normalized spacial score (nSPS) is 24.1. The van der Waals surface area contributed by atoms with Crippen molar-refractivity contribution in [2.75, 3.05) is 69.7 Å². The molecule has 4 nitrogen and oxygen atoms in total. The van der Waals surface area contributed by atoms with Crippen LogP contribution >= 0.6 is 24.8 Å². The number of anilines is 2. The van der Waals surface area contributed by atoms with E-state index < -0.39 is 0 Å². The van der Waals surface area contributed by atoms with Crippen LogP contribution in [0.15, 0.2) is 18.2 Å². The summed E-state index contributed by atoms with van der Waals surface area (Å²) in [6, 6.07) is 8.30. The van der Waals surface area contributed by atoms with Crippen LogP contribution in [-0.4, -0.2) is 75.8 Å². The predicted octanol–water partition coefficient (Wildman–Crippen LogP) is 7.30. The van der Waals surface area contributed by atoms with E-state index in [1.54, 1.807) is 11.3 Å². The van der Waals surface area contributed by atoms with Gasteiger partial charge in [0.1, 0.15) is 0 Å². The average molecular weight is 556 g/mol. The number of piperazine rings is 1. The van der Waals surface area contributed by atoms with E-state index in [1.807, 2.05) is 0 Å². The van der Waals surface area contributed by atoms with Crippen LogP contribution in [0.1, 0.15) is 90.5 Å². The fourth-order valence-corrected chi connectivity index (χ4v) is 6.86. The number of rotatable bonds is 7. The molecular formula is C31H56Cl2N4. The summed E-state index contributed by atoms with van der Waals surface area (Å²) in [4.78, 5) is 10.5. The second kappa shape index (κ2) is 14.6. The average Bonchev–Trinajstić information content (AvgIpc) is 2.87. The molecule has 6 heteroatoms. The topological polar surface area (TPSA) is 13.0 Å². The Labute approximate surface area is 241 Å². The number of piperidine rings is 1. The zero-order valence-corrected chi connectivity index (χ0v) is 26.3. The highest BCUT2D eigenvalue weighted by atomic mass is 35.5. The van der Waals surface area contributed by atoms with E-state index in [-0.39, 0.29) is 24.8 Å². The van der Waals surface area contributed by atoms with Crippen LogP contribution in [0.25, 0.3) is 0 Å². The third-order valence-electron chi connectivity index (χ3n) is 9.50. The van der Waals surface area contributed by atoms with Crippen molar-refractivity contribution in [3.05, 3.63) is 23.8 Å². The maximum Gasteiger partial charge on any atom is 0.0404 e. The minimum Gasteiger partial charge on any atom is -0.371 e. The van der Waals surface area contributed by atoms with Gasteiger partial charge in [-0.3, -0.25) is 4.90 Å². The molecule has 0 radical (unpaired) electrons. The molecule has 1 saturated carbocycles. The maximum atomic E-state index is 2.72. The van der Waals surface area contributed by atoms with Gasteiger partial charge in [-0.1, -0.05) is 34.1 Å². The van der Waals surface area contributed by atoms with Crippen molar-refractivity contribution in [2.24, 2.45) is 11.3 Å². The molecule has 37 heavy (non-hydrogen) atoms. The van der Waals surface area contributed by atoms with E-state index in [9.17, 15) is 0 Å². The summed E-state index contributed by atoms with van der Waals surface area (Å²) in [7, 11) is 4.48. The van der Waals surface area contributed by atoms with Crippen molar-refractivity contribution < 1.29 is 0 Å². The number of hydrogen-bond donors (Lipinski definition) is 0. The third-order valence-corrected chi connectivity index (χ3v) is 9.50. The Hall–Kier alpha value is -0.680. The molecule has 1 aromatic rings. The van der Waals surface area contributed by atoms with Gasteiger partial charge in [0.2, 0.25) is 0 Å². The van der Waals surface area contributed by atoms with Crippen molar-refractivity contribution >= 4 is 36.2 Å². The maximum absolute atomic E-state index is 2.72. The molecule has 0 aromatic heterocycles. The second-order valence-electron chi connectivity index (χ2n) is 13.0. The van der Waals surface area contributed by atoms with Crippen LogP contribution in [0.5, 0.6) is 0 Å². The van der Waals surface area contributed by atoms with Crippen LogP contribution in [0.4, 0.5) is 11.4 Å². The molecule has 0 N–H and O–H groups in total. The van der Waals surface area contributed by atoms with Crippen LogP contribution in [0.2, 0.25) is 0 Å². The van der Waals surface area contributed by atoms with Gasteiger partial charge in [0.05, 0.1) is 0 Å². The number of benzene rings is 1. The summed E-state index contributed by atoms with van der Waals surface area (Å²) in [5.74, 6) is 1.60. The lowest BCUT2D eigenvalue weighted by atomic mass is 9.68. The molecule has 4 rings (SSSR count). The van der Waals surface area contributed by atoms with E-state index >= 15 is 0 Å². The molecule has 1 aromatic carbocycles. The zero-order chi connectivity index (χ0) is 25.0. The van der Waals surface area contributed by atoms with Gasteiger partial charge in [-0.15, -0.1) is 24.8 Å². The fourth-order valence-electron chi connectivity index (χ4n) is 6.86. The first-order chi connectivity index (χ1) is 16.8. The monoisotopic (exact) mass is 554 g/mol. The van der Waals surface area contributed by atoms with Crippen molar-refractivity contribution in [1.82, 2.24) is 9.80 Å². The third kappa shape index (κ3) is 8.40. The minimum atomic E-state index is 0. The highest BCUT2D eigenvalue weighted by Gasteiger charge is 2.32. The molecular weight excluding hydrogens is 499 g/mol.